The van der Waals surface area contributed by atoms with Crippen molar-refractivity contribution in [1.29, 1.82) is 0 Å². The zero-order chi connectivity index (χ0) is 17.7. The van der Waals surface area contributed by atoms with E-state index >= 15 is 0 Å². The molecule has 0 aliphatic rings. The molecule has 1 heterocycles. The Balaban J connectivity index is 1.94. The van der Waals surface area contributed by atoms with Gasteiger partial charge in [0.25, 0.3) is 0 Å². The minimum atomic E-state index is -0.121. The number of hydrogen-bond donors (Lipinski definition) is 1. The van der Waals surface area contributed by atoms with E-state index in [1.54, 1.807) is 18.1 Å². The number of pyridine rings is 1. The Kier molecular flexibility index (Phi) is 5.60. The second kappa shape index (κ2) is 7.47. The number of aromatic nitrogens is 1. The monoisotopic (exact) mass is 325 g/mol. The van der Waals surface area contributed by atoms with Gasteiger partial charge < -0.3 is 10.2 Å². The van der Waals surface area contributed by atoms with Crippen LogP contribution in [0.25, 0.3) is 0 Å². The van der Waals surface area contributed by atoms with Gasteiger partial charge in [0.1, 0.15) is 0 Å². The molecule has 2 aromatic rings. The van der Waals surface area contributed by atoms with Crippen molar-refractivity contribution in [2.45, 2.75) is 45.7 Å². The first-order chi connectivity index (χ1) is 11.3. The molecule has 1 aromatic carbocycles. The van der Waals surface area contributed by atoms with Crippen molar-refractivity contribution >= 4 is 6.03 Å². The van der Waals surface area contributed by atoms with Gasteiger partial charge in [-0.2, -0.15) is 0 Å². The summed E-state index contributed by atoms with van der Waals surface area (Å²) in [5, 5.41) is 2.98. The van der Waals surface area contributed by atoms with Gasteiger partial charge in [-0.1, -0.05) is 51.1 Å². The van der Waals surface area contributed by atoms with E-state index in [2.05, 4.69) is 55.3 Å². The molecule has 4 heteroatoms. The Hall–Kier alpha value is -2.36. The first-order valence-corrected chi connectivity index (χ1v) is 8.29. The summed E-state index contributed by atoms with van der Waals surface area (Å²) < 4.78 is 0. The minimum Gasteiger partial charge on any atom is -0.330 e. The molecule has 1 unspecified atom stereocenters. The molecule has 24 heavy (non-hydrogen) atoms. The van der Waals surface area contributed by atoms with Crippen LogP contribution in [-0.4, -0.2) is 23.0 Å². The largest absolute Gasteiger partial charge is 0.330 e. The fraction of sp³-hybridized carbons (Fsp3) is 0.400. The number of urea groups is 1. The number of rotatable bonds is 4. The van der Waals surface area contributed by atoms with E-state index in [0.29, 0.717) is 6.54 Å². The predicted molar refractivity (Wildman–Crippen MR) is 97.8 cm³/mol. The molecule has 0 aliphatic heterocycles. The van der Waals surface area contributed by atoms with Crippen LogP contribution < -0.4 is 5.32 Å². The Morgan fingerprint density at radius 2 is 1.83 bits per heavy atom. The van der Waals surface area contributed by atoms with E-state index in [4.69, 9.17) is 0 Å². The van der Waals surface area contributed by atoms with Gasteiger partial charge in [-0.05, 0) is 35.6 Å². The summed E-state index contributed by atoms with van der Waals surface area (Å²) in [6.07, 6.45) is 1.73. The summed E-state index contributed by atoms with van der Waals surface area (Å²) in [7, 11) is 1.80. The number of carbonyl (C=O) groups excluding carboxylic acids is 1. The second-order valence-electron chi connectivity index (χ2n) is 7.23. The van der Waals surface area contributed by atoms with E-state index < -0.39 is 0 Å². The van der Waals surface area contributed by atoms with Crippen LogP contribution in [0.2, 0.25) is 0 Å². The van der Waals surface area contributed by atoms with E-state index in [0.717, 1.165) is 11.3 Å². The molecule has 1 atom stereocenters. The molecule has 2 rings (SSSR count). The molecule has 4 nitrogen and oxygen atoms in total. The molecular weight excluding hydrogens is 298 g/mol. The van der Waals surface area contributed by atoms with Crippen LogP contribution in [0.15, 0.2) is 48.7 Å². The van der Waals surface area contributed by atoms with Crippen LogP contribution in [0.3, 0.4) is 0 Å². The van der Waals surface area contributed by atoms with E-state index in [-0.39, 0.29) is 17.5 Å². The van der Waals surface area contributed by atoms with Gasteiger partial charge in [0.15, 0.2) is 0 Å². The smallest absolute Gasteiger partial charge is 0.317 e. The van der Waals surface area contributed by atoms with Gasteiger partial charge >= 0.3 is 6.03 Å². The Labute approximate surface area is 144 Å². The van der Waals surface area contributed by atoms with Crippen LogP contribution in [0.5, 0.6) is 0 Å². The number of benzene rings is 1. The van der Waals surface area contributed by atoms with E-state index in [9.17, 15) is 4.79 Å². The van der Waals surface area contributed by atoms with Gasteiger partial charge in [0, 0.05) is 19.8 Å². The van der Waals surface area contributed by atoms with Crippen LogP contribution in [0.1, 0.15) is 50.6 Å². The molecule has 0 spiro atoms. The molecule has 0 bridgehead atoms. The number of carbonyl (C=O) groups is 1. The SMILES string of the molecule is CC(NC(=O)N(C)Cc1ccc(C(C)(C)C)cc1)c1ccccn1. The maximum Gasteiger partial charge on any atom is 0.317 e. The Bertz CT molecular complexity index is 660. The zero-order valence-electron chi connectivity index (χ0n) is 15.2. The molecule has 128 valence electrons. The van der Waals surface area contributed by atoms with E-state index in [1.165, 1.54) is 5.56 Å². The summed E-state index contributed by atoms with van der Waals surface area (Å²) >= 11 is 0. The second-order valence-corrected chi connectivity index (χ2v) is 7.23. The first-order valence-electron chi connectivity index (χ1n) is 8.29. The fourth-order valence-corrected chi connectivity index (χ4v) is 2.46. The van der Waals surface area contributed by atoms with Crippen molar-refractivity contribution in [3.63, 3.8) is 0 Å². The summed E-state index contributed by atoms with van der Waals surface area (Å²) in [5.74, 6) is 0. The highest BCUT2D eigenvalue weighted by atomic mass is 16.2. The standard InChI is InChI=1S/C20H27N3O/c1-15(18-8-6-7-13-21-18)22-19(24)23(5)14-16-9-11-17(12-10-16)20(2,3)4/h6-13,15H,14H2,1-5H3,(H,22,24). The van der Waals surface area contributed by atoms with Gasteiger partial charge in [0.05, 0.1) is 11.7 Å². The van der Waals surface area contributed by atoms with Crippen molar-refractivity contribution in [2.75, 3.05) is 7.05 Å². The highest BCUT2D eigenvalue weighted by Gasteiger charge is 2.16. The van der Waals surface area contributed by atoms with Gasteiger partial charge in [-0.3, -0.25) is 4.98 Å². The molecule has 0 saturated heterocycles. The molecule has 0 fully saturated rings. The number of nitrogens with one attached hydrogen (secondary N) is 1. The lowest BCUT2D eigenvalue weighted by atomic mass is 9.87. The van der Waals surface area contributed by atoms with Crippen LogP contribution in [-0.2, 0) is 12.0 Å². The molecule has 0 aliphatic carbocycles. The maximum atomic E-state index is 12.3. The third-order valence-corrected chi connectivity index (χ3v) is 4.06. The molecule has 1 aromatic heterocycles. The van der Waals surface area contributed by atoms with Crippen molar-refractivity contribution in [3.05, 3.63) is 65.5 Å². The van der Waals surface area contributed by atoms with Crippen molar-refractivity contribution in [1.82, 2.24) is 15.2 Å². The number of hydrogen-bond acceptors (Lipinski definition) is 2. The summed E-state index contributed by atoms with van der Waals surface area (Å²) in [6.45, 7) is 9.10. The molecule has 2 amide bonds. The molecular formula is C20H27N3O. The predicted octanol–water partition coefficient (Wildman–Crippen LogP) is 4.28. The third kappa shape index (κ3) is 4.82. The van der Waals surface area contributed by atoms with Gasteiger partial charge in [0.2, 0.25) is 0 Å². The average Bonchev–Trinajstić information content (AvgIpc) is 2.55. The Morgan fingerprint density at radius 3 is 2.38 bits per heavy atom. The van der Waals surface area contributed by atoms with Crippen molar-refractivity contribution < 1.29 is 4.79 Å². The van der Waals surface area contributed by atoms with Gasteiger partial charge in [-0.15, -0.1) is 0 Å². The molecule has 1 N–H and O–H groups in total. The number of nitrogens with zero attached hydrogens (tertiary/aromatic N) is 2. The lowest BCUT2D eigenvalue weighted by molar-refractivity contribution is 0.203. The summed E-state index contributed by atoms with van der Waals surface area (Å²) in [4.78, 5) is 18.3. The summed E-state index contributed by atoms with van der Waals surface area (Å²) in [6, 6.07) is 13.9. The normalized spacial score (nSPS) is 12.5. The topological polar surface area (TPSA) is 45.2 Å². The average molecular weight is 325 g/mol. The molecule has 0 saturated carbocycles. The third-order valence-electron chi connectivity index (χ3n) is 4.06. The van der Waals surface area contributed by atoms with Crippen LogP contribution in [0, 0.1) is 0 Å². The lowest BCUT2D eigenvalue weighted by Gasteiger charge is -2.22. The quantitative estimate of drug-likeness (QED) is 0.912. The molecule has 0 radical (unpaired) electrons. The van der Waals surface area contributed by atoms with Crippen molar-refractivity contribution in [2.24, 2.45) is 0 Å². The zero-order valence-corrected chi connectivity index (χ0v) is 15.2. The van der Waals surface area contributed by atoms with E-state index in [1.807, 2.05) is 25.1 Å². The van der Waals surface area contributed by atoms with Gasteiger partial charge in [-0.25, -0.2) is 4.79 Å². The lowest BCUT2D eigenvalue weighted by Crippen LogP contribution is -2.38. The highest BCUT2D eigenvalue weighted by molar-refractivity contribution is 5.74. The highest BCUT2D eigenvalue weighted by Crippen LogP contribution is 2.22. The summed E-state index contributed by atoms with van der Waals surface area (Å²) in [5.41, 5.74) is 3.40. The maximum absolute atomic E-state index is 12.3. The van der Waals surface area contributed by atoms with Crippen LogP contribution >= 0.6 is 0 Å². The minimum absolute atomic E-state index is 0.104. The van der Waals surface area contributed by atoms with Crippen molar-refractivity contribution in [3.8, 4) is 0 Å². The number of amides is 2. The fourth-order valence-electron chi connectivity index (χ4n) is 2.46. The first kappa shape index (κ1) is 18.0. The van der Waals surface area contributed by atoms with Crippen LogP contribution in [0.4, 0.5) is 4.79 Å². The Morgan fingerprint density at radius 1 is 1.17 bits per heavy atom.